The summed E-state index contributed by atoms with van der Waals surface area (Å²) in [6.45, 7) is 5.08. The Kier molecular flexibility index (Phi) is 4.74. The molecule has 0 atom stereocenters. The van der Waals surface area contributed by atoms with Gasteiger partial charge in [0.15, 0.2) is 0 Å². The molecule has 5 nitrogen and oxygen atoms in total. The van der Waals surface area contributed by atoms with Crippen molar-refractivity contribution in [3.8, 4) is 6.07 Å². The molecular formula is C16H21N5S. The van der Waals surface area contributed by atoms with Crippen molar-refractivity contribution >= 4 is 16.5 Å². The summed E-state index contributed by atoms with van der Waals surface area (Å²) >= 11 is 1.47. The van der Waals surface area contributed by atoms with E-state index < -0.39 is 0 Å². The third kappa shape index (κ3) is 3.30. The molecule has 22 heavy (non-hydrogen) atoms. The van der Waals surface area contributed by atoms with E-state index in [9.17, 15) is 5.26 Å². The minimum absolute atomic E-state index is 0.767. The fraction of sp³-hybridized carbons (Fsp3) is 0.562. The highest BCUT2D eigenvalue weighted by atomic mass is 32.1. The van der Waals surface area contributed by atoms with Crippen molar-refractivity contribution in [3.05, 3.63) is 30.0 Å². The lowest BCUT2D eigenvalue weighted by Gasteiger charge is -2.32. The van der Waals surface area contributed by atoms with E-state index in [1.807, 2.05) is 25.6 Å². The van der Waals surface area contributed by atoms with E-state index >= 15 is 0 Å². The Hall–Kier alpha value is -1.87. The highest BCUT2D eigenvalue weighted by molar-refractivity contribution is 7.10. The fourth-order valence-corrected chi connectivity index (χ4v) is 4.01. The van der Waals surface area contributed by atoms with Gasteiger partial charge in [0.1, 0.15) is 16.6 Å². The summed E-state index contributed by atoms with van der Waals surface area (Å²) in [7, 11) is 0. The van der Waals surface area contributed by atoms with Crippen LogP contribution in [-0.4, -0.2) is 27.0 Å². The second-order valence-corrected chi connectivity index (χ2v) is 6.68. The average Bonchev–Trinajstić information content (AvgIpc) is 3.17. The maximum absolute atomic E-state index is 9.26. The van der Waals surface area contributed by atoms with Crippen LogP contribution >= 0.6 is 11.5 Å². The second kappa shape index (κ2) is 6.93. The first-order valence-corrected chi connectivity index (χ1v) is 8.62. The van der Waals surface area contributed by atoms with Crippen LogP contribution < -0.4 is 4.90 Å². The minimum atomic E-state index is 0.767. The molecule has 0 saturated carbocycles. The fourth-order valence-electron chi connectivity index (χ4n) is 3.11. The summed E-state index contributed by atoms with van der Waals surface area (Å²) in [5.41, 5.74) is 1.63. The van der Waals surface area contributed by atoms with Gasteiger partial charge in [-0.25, -0.2) is 4.98 Å². The third-order valence-electron chi connectivity index (χ3n) is 4.45. The Morgan fingerprint density at radius 3 is 2.91 bits per heavy atom. The van der Waals surface area contributed by atoms with Crippen LogP contribution in [-0.2, 0) is 6.54 Å². The van der Waals surface area contributed by atoms with Gasteiger partial charge in [-0.15, -0.1) is 0 Å². The van der Waals surface area contributed by atoms with Crippen molar-refractivity contribution in [2.24, 2.45) is 5.92 Å². The van der Waals surface area contributed by atoms with Gasteiger partial charge in [-0.05, 0) is 50.1 Å². The van der Waals surface area contributed by atoms with Crippen molar-refractivity contribution in [3.63, 3.8) is 0 Å². The molecule has 3 heterocycles. The molecule has 0 unspecified atom stereocenters. The van der Waals surface area contributed by atoms with Crippen molar-refractivity contribution < 1.29 is 0 Å². The predicted octanol–water partition coefficient (Wildman–Crippen LogP) is 3.22. The van der Waals surface area contributed by atoms with Gasteiger partial charge in [-0.3, -0.25) is 0 Å². The van der Waals surface area contributed by atoms with Gasteiger partial charge in [0, 0.05) is 32.0 Å². The Bertz CT molecular complexity index is 632. The van der Waals surface area contributed by atoms with Crippen LogP contribution in [0.1, 0.15) is 36.9 Å². The number of piperidine rings is 1. The lowest BCUT2D eigenvalue weighted by atomic mass is 9.92. The van der Waals surface area contributed by atoms with Crippen molar-refractivity contribution in [2.45, 2.75) is 39.2 Å². The molecule has 1 aliphatic heterocycles. The molecular weight excluding hydrogens is 294 g/mol. The van der Waals surface area contributed by atoms with E-state index in [4.69, 9.17) is 0 Å². The van der Waals surface area contributed by atoms with Gasteiger partial charge in [0.2, 0.25) is 0 Å². The molecule has 1 fully saturated rings. The number of nitriles is 1. The first kappa shape index (κ1) is 15.0. The second-order valence-electron chi connectivity index (χ2n) is 5.93. The molecule has 0 aliphatic carbocycles. The lowest BCUT2D eigenvalue weighted by Crippen LogP contribution is -2.33. The van der Waals surface area contributed by atoms with Crippen LogP contribution in [0.2, 0.25) is 0 Å². The molecule has 3 rings (SSSR count). The predicted molar refractivity (Wildman–Crippen MR) is 88.0 cm³/mol. The summed E-state index contributed by atoms with van der Waals surface area (Å²) in [4.78, 5) is 6.42. The van der Waals surface area contributed by atoms with Crippen LogP contribution in [0, 0.1) is 24.2 Å². The summed E-state index contributed by atoms with van der Waals surface area (Å²) in [6, 6.07) is 2.30. The Morgan fingerprint density at radius 1 is 1.41 bits per heavy atom. The highest BCUT2D eigenvalue weighted by Gasteiger charge is 2.23. The van der Waals surface area contributed by atoms with E-state index in [0.717, 1.165) is 41.8 Å². The summed E-state index contributed by atoms with van der Waals surface area (Å²) in [5, 5.41) is 10.3. The Balaban J connectivity index is 1.47. The van der Waals surface area contributed by atoms with Crippen LogP contribution in [0.5, 0.6) is 0 Å². The van der Waals surface area contributed by atoms with Gasteiger partial charge in [0.25, 0.3) is 0 Å². The number of rotatable bonds is 5. The smallest absolute Gasteiger partial charge is 0.130 e. The largest absolute Gasteiger partial charge is 0.361 e. The van der Waals surface area contributed by atoms with E-state index in [2.05, 4.69) is 24.9 Å². The zero-order valence-corrected chi connectivity index (χ0v) is 13.7. The minimum Gasteiger partial charge on any atom is -0.361 e. The maximum Gasteiger partial charge on any atom is 0.130 e. The zero-order chi connectivity index (χ0) is 15.4. The van der Waals surface area contributed by atoms with E-state index in [1.54, 1.807) is 0 Å². The van der Waals surface area contributed by atoms with Gasteiger partial charge < -0.3 is 9.47 Å². The highest BCUT2D eigenvalue weighted by Crippen LogP contribution is 2.32. The van der Waals surface area contributed by atoms with E-state index in [1.165, 1.54) is 37.2 Å². The molecule has 2 aromatic heterocycles. The standard InChI is InChI=1S/C16H21N5S/c1-13-15(11-17)16(22-19-13)21-8-4-14(5-9-21)3-2-7-20-10-6-18-12-20/h6,10,12,14H,2-5,7-9H2,1H3. The van der Waals surface area contributed by atoms with Gasteiger partial charge in [-0.2, -0.15) is 9.64 Å². The monoisotopic (exact) mass is 315 g/mol. The molecule has 1 saturated heterocycles. The summed E-state index contributed by atoms with van der Waals surface area (Å²) in [6.07, 6.45) is 10.7. The van der Waals surface area contributed by atoms with Crippen LogP contribution in [0.25, 0.3) is 0 Å². The first-order chi connectivity index (χ1) is 10.8. The molecule has 116 valence electrons. The van der Waals surface area contributed by atoms with E-state index in [-0.39, 0.29) is 0 Å². The van der Waals surface area contributed by atoms with Crippen molar-refractivity contribution in [1.29, 1.82) is 5.26 Å². The molecule has 0 radical (unpaired) electrons. The number of nitrogens with zero attached hydrogens (tertiary/aromatic N) is 5. The quantitative estimate of drug-likeness (QED) is 0.850. The molecule has 0 aromatic carbocycles. The SMILES string of the molecule is Cc1nsc(N2CCC(CCCn3ccnc3)CC2)c1C#N. The molecule has 0 amide bonds. The van der Waals surface area contributed by atoms with Gasteiger partial charge in [-0.1, -0.05) is 0 Å². The molecule has 0 bridgehead atoms. The number of aryl methyl sites for hydroxylation is 2. The number of imidazole rings is 1. The van der Waals surface area contributed by atoms with Crippen molar-refractivity contribution in [2.75, 3.05) is 18.0 Å². The zero-order valence-electron chi connectivity index (χ0n) is 12.9. The molecule has 1 aliphatic rings. The third-order valence-corrected chi connectivity index (χ3v) is 5.45. The first-order valence-electron chi connectivity index (χ1n) is 7.85. The van der Waals surface area contributed by atoms with Gasteiger partial charge in [0.05, 0.1) is 12.0 Å². The summed E-state index contributed by atoms with van der Waals surface area (Å²) < 4.78 is 6.48. The maximum atomic E-state index is 9.26. The number of hydrogen-bond donors (Lipinski definition) is 0. The number of hydrogen-bond acceptors (Lipinski definition) is 5. The molecule has 0 spiro atoms. The topological polar surface area (TPSA) is 57.7 Å². The molecule has 6 heteroatoms. The van der Waals surface area contributed by atoms with Crippen molar-refractivity contribution in [1.82, 2.24) is 13.9 Å². The average molecular weight is 315 g/mol. The van der Waals surface area contributed by atoms with Crippen LogP contribution in [0.3, 0.4) is 0 Å². The van der Waals surface area contributed by atoms with Gasteiger partial charge >= 0.3 is 0 Å². The Morgan fingerprint density at radius 2 is 2.23 bits per heavy atom. The van der Waals surface area contributed by atoms with Crippen LogP contribution in [0.15, 0.2) is 18.7 Å². The Labute approximate surface area is 135 Å². The normalized spacial score (nSPS) is 15.9. The van der Waals surface area contributed by atoms with E-state index in [0.29, 0.717) is 0 Å². The number of aromatic nitrogens is 3. The van der Waals surface area contributed by atoms with Crippen LogP contribution in [0.4, 0.5) is 5.00 Å². The lowest BCUT2D eigenvalue weighted by molar-refractivity contribution is 0.364. The molecule has 2 aromatic rings. The summed E-state index contributed by atoms with van der Waals surface area (Å²) in [5.74, 6) is 0.805. The number of anilines is 1. The molecule has 0 N–H and O–H groups in total.